The van der Waals surface area contributed by atoms with Crippen molar-refractivity contribution in [3.63, 3.8) is 0 Å². The Labute approximate surface area is 168 Å². The van der Waals surface area contributed by atoms with Crippen molar-refractivity contribution in [3.05, 3.63) is 29.3 Å². The molecule has 3 rings (SSSR count). The summed E-state index contributed by atoms with van der Waals surface area (Å²) >= 11 is 0. The van der Waals surface area contributed by atoms with Crippen LogP contribution in [0, 0.1) is 13.8 Å². The Kier molecular flexibility index (Phi) is 6.18. The summed E-state index contributed by atoms with van der Waals surface area (Å²) in [6.07, 6.45) is 4.41. The number of hydrogen-bond acceptors (Lipinski definition) is 4. The molecular formula is C22H32N4O2. The molecule has 6 nitrogen and oxygen atoms in total. The zero-order valence-electron chi connectivity index (χ0n) is 17.5. The molecule has 0 bridgehead atoms. The molecular weight excluding hydrogens is 352 g/mol. The number of likely N-dealkylation sites (tertiary alicyclic amines) is 1. The molecule has 1 aromatic rings. The molecule has 0 saturated carbocycles. The zero-order chi connectivity index (χ0) is 20.3. The van der Waals surface area contributed by atoms with Crippen LogP contribution in [0.1, 0.15) is 57.1 Å². The monoisotopic (exact) mass is 384 g/mol. The van der Waals surface area contributed by atoms with Gasteiger partial charge in [0.15, 0.2) is 0 Å². The topological polar surface area (TPSA) is 65.0 Å². The van der Waals surface area contributed by atoms with Crippen LogP contribution in [-0.4, -0.2) is 47.6 Å². The molecule has 1 saturated heterocycles. The second-order valence-electron chi connectivity index (χ2n) is 8.58. The molecule has 0 atom stereocenters. The second kappa shape index (κ2) is 8.43. The number of nitrogens with one attached hydrogen (secondary N) is 1. The van der Waals surface area contributed by atoms with E-state index in [0.717, 1.165) is 29.9 Å². The third-order valence-corrected chi connectivity index (χ3v) is 5.78. The first kappa shape index (κ1) is 20.5. The minimum atomic E-state index is -0.173. The van der Waals surface area contributed by atoms with Gasteiger partial charge in [0, 0.05) is 24.9 Å². The molecule has 0 radical (unpaired) electrons. The molecule has 152 valence electrons. The predicted octanol–water partition coefficient (Wildman–Crippen LogP) is 3.17. The molecule has 2 aliphatic heterocycles. The third-order valence-electron chi connectivity index (χ3n) is 5.78. The Morgan fingerprint density at radius 2 is 1.86 bits per heavy atom. The molecule has 0 aliphatic carbocycles. The van der Waals surface area contributed by atoms with E-state index in [9.17, 15) is 9.59 Å². The highest BCUT2D eigenvalue weighted by molar-refractivity contribution is 6.40. The molecule has 2 aliphatic rings. The summed E-state index contributed by atoms with van der Waals surface area (Å²) < 4.78 is 0. The van der Waals surface area contributed by atoms with Gasteiger partial charge in [0.05, 0.1) is 5.69 Å². The van der Waals surface area contributed by atoms with Crippen LogP contribution in [0.5, 0.6) is 0 Å². The lowest BCUT2D eigenvalue weighted by molar-refractivity contribution is -0.119. The van der Waals surface area contributed by atoms with Gasteiger partial charge in [-0.25, -0.2) is 5.01 Å². The van der Waals surface area contributed by atoms with Gasteiger partial charge in [-0.15, -0.1) is 0 Å². The molecule has 2 heterocycles. The maximum absolute atomic E-state index is 12.8. The van der Waals surface area contributed by atoms with Crippen LogP contribution < -0.4 is 10.3 Å². The lowest BCUT2D eigenvalue weighted by Gasteiger charge is -2.41. The van der Waals surface area contributed by atoms with E-state index in [1.807, 2.05) is 32.0 Å². The lowest BCUT2D eigenvalue weighted by Crippen LogP contribution is -2.54. The molecule has 6 heteroatoms. The summed E-state index contributed by atoms with van der Waals surface area (Å²) in [6, 6.07) is 5.92. The number of rotatable bonds is 5. The Hall–Kier alpha value is -2.21. The first-order valence-electron chi connectivity index (χ1n) is 10.3. The lowest BCUT2D eigenvalue weighted by atomic mass is 9.98. The Bertz CT molecular complexity index is 779. The minimum absolute atomic E-state index is 0.0705. The van der Waals surface area contributed by atoms with Crippen LogP contribution in [0.2, 0.25) is 0 Å². The van der Waals surface area contributed by atoms with Gasteiger partial charge in [-0.1, -0.05) is 18.6 Å². The summed E-state index contributed by atoms with van der Waals surface area (Å²) in [7, 11) is 0. The second-order valence-corrected chi connectivity index (χ2v) is 8.58. The molecule has 1 N–H and O–H groups in total. The number of nitrogens with zero attached hydrogens (tertiary/aromatic N) is 3. The predicted molar refractivity (Wildman–Crippen MR) is 113 cm³/mol. The van der Waals surface area contributed by atoms with Gasteiger partial charge >= 0.3 is 0 Å². The smallest absolute Gasteiger partial charge is 0.267 e. The van der Waals surface area contributed by atoms with Gasteiger partial charge in [-0.3, -0.25) is 14.5 Å². The number of hydrogen-bond donors (Lipinski definition) is 1. The van der Waals surface area contributed by atoms with Crippen LogP contribution in [-0.2, 0) is 9.59 Å². The SMILES string of the molecule is Cc1ccc(C)c(N2N=C(C(=O)NCC(C)(C)N3CCCCC3)CCC2=O)c1. The highest BCUT2D eigenvalue weighted by Crippen LogP contribution is 2.25. The van der Waals surface area contributed by atoms with Crippen molar-refractivity contribution in [1.29, 1.82) is 0 Å². The largest absolute Gasteiger partial charge is 0.349 e. The molecule has 1 aromatic carbocycles. The van der Waals surface area contributed by atoms with E-state index < -0.39 is 0 Å². The highest BCUT2D eigenvalue weighted by Gasteiger charge is 2.30. The van der Waals surface area contributed by atoms with Crippen LogP contribution in [0.3, 0.4) is 0 Å². The normalized spacial score (nSPS) is 18.8. The van der Waals surface area contributed by atoms with Crippen molar-refractivity contribution in [1.82, 2.24) is 10.2 Å². The number of carbonyl (C=O) groups excluding carboxylic acids is 2. The summed E-state index contributed by atoms with van der Waals surface area (Å²) in [5.74, 6) is -0.244. The number of benzene rings is 1. The fraction of sp³-hybridized carbons (Fsp3) is 0.591. The molecule has 28 heavy (non-hydrogen) atoms. The van der Waals surface area contributed by atoms with Crippen molar-refractivity contribution in [3.8, 4) is 0 Å². The number of anilines is 1. The molecule has 0 unspecified atom stereocenters. The van der Waals surface area contributed by atoms with Crippen molar-refractivity contribution < 1.29 is 9.59 Å². The summed E-state index contributed by atoms with van der Waals surface area (Å²) in [4.78, 5) is 27.6. The minimum Gasteiger partial charge on any atom is -0.349 e. The van der Waals surface area contributed by atoms with E-state index in [1.165, 1.54) is 24.3 Å². The quantitative estimate of drug-likeness (QED) is 0.848. The summed E-state index contributed by atoms with van der Waals surface area (Å²) in [5, 5.41) is 8.88. The van der Waals surface area contributed by atoms with Gasteiger partial charge in [0.25, 0.3) is 5.91 Å². The van der Waals surface area contributed by atoms with Gasteiger partial charge < -0.3 is 5.32 Å². The highest BCUT2D eigenvalue weighted by atomic mass is 16.2. The molecule has 2 amide bonds. The Morgan fingerprint density at radius 1 is 1.14 bits per heavy atom. The first-order valence-corrected chi connectivity index (χ1v) is 10.3. The average molecular weight is 385 g/mol. The molecule has 1 fully saturated rings. The van der Waals surface area contributed by atoms with Crippen molar-refractivity contribution in [2.24, 2.45) is 5.10 Å². The first-order chi connectivity index (χ1) is 13.3. The fourth-order valence-corrected chi connectivity index (χ4v) is 3.86. The van der Waals surface area contributed by atoms with Crippen LogP contribution in [0.15, 0.2) is 23.3 Å². The third kappa shape index (κ3) is 4.61. The fourth-order valence-electron chi connectivity index (χ4n) is 3.86. The van der Waals surface area contributed by atoms with E-state index >= 15 is 0 Å². The number of amides is 2. The van der Waals surface area contributed by atoms with Crippen LogP contribution in [0.25, 0.3) is 0 Å². The van der Waals surface area contributed by atoms with Gasteiger partial charge in [-0.05, 0) is 70.8 Å². The van der Waals surface area contributed by atoms with E-state index in [1.54, 1.807) is 0 Å². The summed E-state index contributed by atoms with van der Waals surface area (Å²) in [5.41, 5.74) is 3.12. The number of piperidine rings is 1. The maximum atomic E-state index is 12.8. The maximum Gasteiger partial charge on any atom is 0.267 e. The van der Waals surface area contributed by atoms with Crippen molar-refractivity contribution >= 4 is 23.2 Å². The number of carbonyl (C=O) groups is 2. The molecule has 0 aromatic heterocycles. The van der Waals surface area contributed by atoms with Gasteiger partial charge in [-0.2, -0.15) is 5.10 Å². The van der Waals surface area contributed by atoms with E-state index in [0.29, 0.717) is 25.1 Å². The standard InChI is InChI=1S/C22H32N4O2/c1-16-8-9-17(2)19(14-16)26-20(27)11-10-18(24-26)21(28)23-15-22(3,4)25-12-6-5-7-13-25/h8-9,14H,5-7,10-13,15H2,1-4H3,(H,23,28). The van der Waals surface area contributed by atoms with Crippen LogP contribution >= 0.6 is 0 Å². The van der Waals surface area contributed by atoms with E-state index in [-0.39, 0.29) is 17.4 Å². The van der Waals surface area contributed by atoms with Crippen molar-refractivity contribution in [2.75, 3.05) is 24.6 Å². The number of aryl methyl sites for hydroxylation is 2. The zero-order valence-corrected chi connectivity index (χ0v) is 17.5. The van der Waals surface area contributed by atoms with Gasteiger partial charge in [0.1, 0.15) is 5.71 Å². The Balaban J connectivity index is 1.70. The molecule has 0 spiro atoms. The van der Waals surface area contributed by atoms with E-state index in [4.69, 9.17) is 0 Å². The van der Waals surface area contributed by atoms with Crippen LogP contribution in [0.4, 0.5) is 5.69 Å². The number of hydrazone groups is 1. The Morgan fingerprint density at radius 3 is 2.57 bits per heavy atom. The average Bonchev–Trinajstić information content (AvgIpc) is 2.69. The van der Waals surface area contributed by atoms with E-state index in [2.05, 4.69) is 29.2 Å². The van der Waals surface area contributed by atoms with Gasteiger partial charge in [0.2, 0.25) is 5.91 Å². The summed E-state index contributed by atoms with van der Waals surface area (Å²) in [6.45, 7) is 11.0. The van der Waals surface area contributed by atoms with Crippen molar-refractivity contribution in [2.45, 2.75) is 65.3 Å².